The second kappa shape index (κ2) is 7.56. The van der Waals surface area contributed by atoms with Crippen LogP contribution in [0.5, 0.6) is 0 Å². The molecule has 0 fully saturated rings. The number of nitrogens with one attached hydrogen (secondary N) is 2. The van der Waals surface area contributed by atoms with Crippen molar-refractivity contribution in [1.29, 1.82) is 0 Å². The van der Waals surface area contributed by atoms with E-state index in [-0.39, 0.29) is 5.91 Å². The number of hydrogen-bond donors (Lipinski definition) is 2. The molecule has 7 heteroatoms. The van der Waals surface area contributed by atoms with Crippen LogP contribution in [0.4, 0.5) is 17.3 Å². The maximum Gasteiger partial charge on any atom is 0.258 e. The van der Waals surface area contributed by atoms with E-state index in [1.165, 1.54) is 12.4 Å². The van der Waals surface area contributed by atoms with Crippen LogP contribution >= 0.6 is 0 Å². The number of nitrogens with zero attached hydrogens (tertiary/aromatic N) is 4. The van der Waals surface area contributed by atoms with Crippen LogP contribution in [0.2, 0.25) is 0 Å². The van der Waals surface area contributed by atoms with Gasteiger partial charge in [-0.1, -0.05) is 36.4 Å². The van der Waals surface area contributed by atoms with Gasteiger partial charge in [0.1, 0.15) is 0 Å². The highest BCUT2D eigenvalue weighted by atomic mass is 16.1. The molecule has 3 aromatic heterocycles. The summed E-state index contributed by atoms with van der Waals surface area (Å²) < 4.78 is 0. The van der Waals surface area contributed by atoms with Crippen LogP contribution in [0.1, 0.15) is 10.4 Å². The summed E-state index contributed by atoms with van der Waals surface area (Å²) in [5, 5.41) is 8.01. The van der Waals surface area contributed by atoms with Crippen molar-refractivity contribution in [3.63, 3.8) is 0 Å². The molecule has 7 nitrogen and oxygen atoms in total. The molecule has 0 bridgehead atoms. The SMILES string of the molecule is O=C(Nc1cccc2cccnc12)c1cnc(Nc2cccc3cccnc23)nc1. The van der Waals surface area contributed by atoms with Gasteiger partial charge in [-0.2, -0.15) is 0 Å². The fraction of sp³-hybridized carbons (Fsp3) is 0. The molecule has 0 spiro atoms. The molecule has 0 radical (unpaired) electrons. The summed E-state index contributed by atoms with van der Waals surface area (Å²) >= 11 is 0. The minimum Gasteiger partial charge on any atom is -0.322 e. The average molecular weight is 392 g/mol. The predicted molar refractivity (Wildman–Crippen MR) is 117 cm³/mol. The zero-order valence-electron chi connectivity index (χ0n) is 15.8. The average Bonchev–Trinajstić information content (AvgIpc) is 2.80. The maximum absolute atomic E-state index is 12.7. The third-order valence-electron chi connectivity index (χ3n) is 4.67. The van der Waals surface area contributed by atoms with Gasteiger partial charge < -0.3 is 10.6 Å². The number of aromatic nitrogens is 4. The lowest BCUT2D eigenvalue weighted by atomic mass is 10.2. The number of benzene rings is 2. The number of pyridine rings is 2. The topological polar surface area (TPSA) is 92.7 Å². The first-order valence-electron chi connectivity index (χ1n) is 9.36. The Morgan fingerprint density at radius 1 is 0.667 bits per heavy atom. The number of amides is 1. The number of carbonyl (C=O) groups excluding carboxylic acids is 1. The minimum atomic E-state index is -0.300. The highest BCUT2D eigenvalue weighted by Crippen LogP contribution is 2.23. The third kappa shape index (κ3) is 3.40. The summed E-state index contributed by atoms with van der Waals surface area (Å²) in [4.78, 5) is 30.0. The first kappa shape index (κ1) is 17.7. The summed E-state index contributed by atoms with van der Waals surface area (Å²) in [7, 11) is 0. The molecule has 144 valence electrons. The molecule has 0 atom stereocenters. The zero-order chi connectivity index (χ0) is 20.3. The molecule has 0 saturated heterocycles. The van der Waals surface area contributed by atoms with Gasteiger partial charge in [0.05, 0.1) is 28.0 Å². The van der Waals surface area contributed by atoms with Crippen LogP contribution in [0.25, 0.3) is 21.8 Å². The molecule has 2 aromatic carbocycles. The van der Waals surface area contributed by atoms with Gasteiger partial charge in [-0.25, -0.2) is 9.97 Å². The van der Waals surface area contributed by atoms with Crippen molar-refractivity contribution in [3.8, 4) is 0 Å². The van der Waals surface area contributed by atoms with Gasteiger partial charge in [0.2, 0.25) is 5.95 Å². The molecule has 0 unspecified atom stereocenters. The van der Waals surface area contributed by atoms with Gasteiger partial charge >= 0.3 is 0 Å². The number of para-hydroxylation sites is 2. The first-order chi connectivity index (χ1) is 14.8. The second-order valence-electron chi connectivity index (χ2n) is 6.64. The van der Waals surface area contributed by atoms with E-state index in [4.69, 9.17) is 0 Å². The first-order valence-corrected chi connectivity index (χ1v) is 9.36. The molecule has 1 amide bonds. The number of anilines is 3. The minimum absolute atomic E-state index is 0.300. The molecule has 2 N–H and O–H groups in total. The normalized spacial score (nSPS) is 10.8. The summed E-state index contributed by atoms with van der Waals surface area (Å²) in [6, 6.07) is 19.2. The molecule has 0 aliphatic heterocycles. The smallest absolute Gasteiger partial charge is 0.258 e. The number of carbonyl (C=O) groups is 1. The highest BCUT2D eigenvalue weighted by Gasteiger charge is 2.11. The van der Waals surface area contributed by atoms with Crippen LogP contribution in [-0.4, -0.2) is 25.8 Å². The van der Waals surface area contributed by atoms with E-state index < -0.39 is 0 Å². The van der Waals surface area contributed by atoms with Crippen LogP contribution in [0, 0.1) is 0 Å². The Hall–Kier alpha value is -4.39. The molecule has 3 heterocycles. The van der Waals surface area contributed by atoms with E-state index in [0.29, 0.717) is 17.2 Å². The lowest BCUT2D eigenvalue weighted by molar-refractivity contribution is 0.102. The third-order valence-corrected chi connectivity index (χ3v) is 4.67. The molecule has 0 saturated carbocycles. The van der Waals surface area contributed by atoms with E-state index in [0.717, 1.165) is 27.5 Å². The van der Waals surface area contributed by atoms with Gasteiger partial charge in [0.25, 0.3) is 5.91 Å². The van der Waals surface area contributed by atoms with Gasteiger partial charge in [-0.05, 0) is 24.3 Å². The fourth-order valence-corrected chi connectivity index (χ4v) is 3.23. The Balaban J connectivity index is 1.36. The fourth-order valence-electron chi connectivity index (χ4n) is 3.23. The van der Waals surface area contributed by atoms with Crippen LogP contribution in [0.15, 0.2) is 85.5 Å². The maximum atomic E-state index is 12.7. The summed E-state index contributed by atoms with van der Waals surface area (Å²) in [5.41, 5.74) is 3.35. The quantitative estimate of drug-likeness (QED) is 0.465. The van der Waals surface area contributed by atoms with Gasteiger partial charge in [-0.15, -0.1) is 0 Å². The van der Waals surface area contributed by atoms with Crippen molar-refractivity contribution in [3.05, 3.63) is 91.0 Å². The second-order valence-corrected chi connectivity index (χ2v) is 6.64. The Labute approximate surface area is 171 Å². The number of hydrogen-bond acceptors (Lipinski definition) is 6. The van der Waals surface area contributed by atoms with Gasteiger partial charge in [0, 0.05) is 35.6 Å². The van der Waals surface area contributed by atoms with Crippen LogP contribution in [-0.2, 0) is 0 Å². The van der Waals surface area contributed by atoms with E-state index in [2.05, 4.69) is 30.6 Å². The number of rotatable bonds is 4. The molecular weight excluding hydrogens is 376 g/mol. The van der Waals surface area contributed by atoms with Crippen molar-refractivity contribution in [2.75, 3.05) is 10.6 Å². The van der Waals surface area contributed by atoms with E-state index in [1.54, 1.807) is 12.4 Å². The predicted octanol–water partition coefficient (Wildman–Crippen LogP) is 4.57. The molecule has 0 aliphatic carbocycles. The Kier molecular flexibility index (Phi) is 4.46. The standard InChI is InChI=1S/C23H16N6O/c30-22(28-18-9-1-5-15-7-3-11-24-20(15)18)17-13-26-23(27-14-17)29-19-10-2-6-16-8-4-12-25-21(16)19/h1-14H,(H,28,30)(H,26,27,29). The summed E-state index contributed by atoms with van der Waals surface area (Å²) in [6.45, 7) is 0. The molecule has 5 rings (SSSR count). The van der Waals surface area contributed by atoms with Crippen molar-refractivity contribution in [1.82, 2.24) is 19.9 Å². The molecule has 5 aromatic rings. The lowest BCUT2D eigenvalue weighted by Crippen LogP contribution is -2.13. The van der Waals surface area contributed by atoms with E-state index in [1.807, 2.05) is 60.7 Å². The van der Waals surface area contributed by atoms with Crippen molar-refractivity contribution in [2.24, 2.45) is 0 Å². The van der Waals surface area contributed by atoms with Crippen LogP contribution in [0.3, 0.4) is 0 Å². The Bertz CT molecular complexity index is 1360. The largest absolute Gasteiger partial charge is 0.322 e. The Morgan fingerprint density at radius 3 is 1.90 bits per heavy atom. The monoisotopic (exact) mass is 392 g/mol. The van der Waals surface area contributed by atoms with Crippen molar-refractivity contribution >= 4 is 45.0 Å². The Morgan fingerprint density at radius 2 is 1.23 bits per heavy atom. The van der Waals surface area contributed by atoms with Crippen LogP contribution < -0.4 is 10.6 Å². The van der Waals surface area contributed by atoms with E-state index in [9.17, 15) is 4.79 Å². The van der Waals surface area contributed by atoms with Gasteiger partial charge in [0.15, 0.2) is 0 Å². The molecule has 30 heavy (non-hydrogen) atoms. The molecular formula is C23H16N6O. The van der Waals surface area contributed by atoms with Crippen molar-refractivity contribution in [2.45, 2.75) is 0 Å². The summed E-state index contributed by atoms with van der Waals surface area (Å²) in [5.74, 6) is 0.0862. The lowest BCUT2D eigenvalue weighted by Gasteiger charge is -2.09. The molecule has 0 aliphatic rings. The summed E-state index contributed by atoms with van der Waals surface area (Å²) in [6.07, 6.45) is 6.41. The zero-order valence-corrected chi connectivity index (χ0v) is 15.8. The van der Waals surface area contributed by atoms with E-state index >= 15 is 0 Å². The van der Waals surface area contributed by atoms with Crippen molar-refractivity contribution < 1.29 is 4.79 Å². The van der Waals surface area contributed by atoms with Gasteiger partial charge in [-0.3, -0.25) is 14.8 Å². The highest BCUT2D eigenvalue weighted by molar-refractivity contribution is 6.08. The number of fused-ring (bicyclic) bond motifs is 2.